The van der Waals surface area contributed by atoms with Gasteiger partial charge in [-0.15, -0.1) is 11.3 Å². The number of hydrogen-bond acceptors (Lipinski definition) is 3. The average Bonchev–Trinajstić information content (AvgIpc) is 3.03. The molecule has 0 atom stereocenters. The summed E-state index contributed by atoms with van der Waals surface area (Å²) in [6.07, 6.45) is 2.15. The van der Waals surface area contributed by atoms with Gasteiger partial charge in [-0.25, -0.2) is 0 Å². The summed E-state index contributed by atoms with van der Waals surface area (Å²) in [4.78, 5) is 1.43. The highest BCUT2D eigenvalue weighted by Gasteiger charge is 2.11. The molecule has 0 saturated heterocycles. The molecule has 0 fully saturated rings. The fourth-order valence-electron chi connectivity index (χ4n) is 2.59. The van der Waals surface area contributed by atoms with E-state index in [9.17, 15) is 0 Å². The lowest BCUT2D eigenvalue weighted by Gasteiger charge is -2.08. The SMILES string of the molecule is Cc1nn(CCc2cccs2)c(C)c1CCNCC(C)C. The Morgan fingerprint density at radius 3 is 2.76 bits per heavy atom. The molecule has 2 aromatic heterocycles. The van der Waals surface area contributed by atoms with Crippen molar-refractivity contribution in [1.29, 1.82) is 0 Å². The predicted octanol–water partition coefficient (Wildman–Crippen LogP) is 3.59. The minimum Gasteiger partial charge on any atom is -0.316 e. The maximum Gasteiger partial charge on any atom is 0.0628 e. The smallest absolute Gasteiger partial charge is 0.0628 e. The number of nitrogens with zero attached hydrogens (tertiary/aromatic N) is 2. The molecule has 0 aliphatic rings. The summed E-state index contributed by atoms with van der Waals surface area (Å²) in [6, 6.07) is 4.32. The standard InChI is InChI=1S/C17H27N3S/c1-13(2)12-18-9-7-17-14(3)19-20(15(17)4)10-8-16-6-5-11-21-16/h5-6,11,13,18H,7-10,12H2,1-4H3. The summed E-state index contributed by atoms with van der Waals surface area (Å²) in [7, 11) is 0. The molecule has 3 nitrogen and oxygen atoms in total. The van der Waals surface area contributed by atoms with E-state index in [2.05, 4.69) is 55.2 Å². The molecule has 0 aliphatic heterocycles. The largest absolute Gasteiger partial charge is 0.316 e. The van der Waals surface area contributed by atoms with Crippen LogP contribution >= 0.6 is 11.3 Å². The van der Waals surface area contributed by atoms with E-state index >= 15 is 0 Å². The van der Waals surface area contributed by atoms with Crippen molar-refractivity contribution in [2.75, 3.05) is 13.1 Å². The summed E-state index contributed by atoms with van der Waals surface area (Å²) in [5.74, 6) is 0.709. The molecule has 0 aromatic carbocycles. The molecule has 0 aliphatic carbocycles. The Morgan fingerprint density at radius 2 is 2.10 bits per heavy atom. The summed E-state index contributed by atoms with van der Waals surface area (Å²) in [5.41, 5.74) is 3.93. The van der Waals surface area contributed by atoms with Gasteiger partial charge in [-0.05, 0) is 56.3 Å². The molecule has 116 valence electrons. The van der Waals surface area contributed by atoms with Crippen LogP contribution in [0.4, 0.5) is 0 Å². The highest BCUT2D eigenvalue weighted by Crippen LogP contribution is 2.16. The number of aryl methyl sites for hydroxylation is 3. The minimum atomic E-state index is 0.709. The van der Waals surface area contributed by atoms with E-state index in [1.54, 1.807) is 0 Å². The first-order valence-corrected chi connectivity index (χ1v) is 8.72. The van der Waals surface area contributed by atoms with Gasteiger partial charge >= 0.3 is 0 Å². The van der Waals surface area contributed by atoms with Gasteiger partial charge < -0.3 is 5.32 Å². The first-order chi connectivity index (χ1) is 10.1. The first-order valence-electron chi connectivity index (χ1n) is 7.84. The number of nitrogens with one attached hydrogen (secondary N) is 1. The third kappa shape index (κ3) is 4.68. The van der Waals surface area contributed by atoms with E-state index in [1.807, 2.05) is 11.3 Å². The van der Waals surface area contributed by atoms with E-state index in [0.29, 0.717) is 5.92 Å². The number of rotatable bonds is 8. The van der Waals surface area contributed by atoms with Crippen molar-refractivity contribution in [3.05, 3.63) is 39.3 Å². The highest BCUT2D eigenvalue weighted by atomic mass is 32.1. The van der Waals surface area contributed by atoms with Crippen LogP contribution < -0.4 is 5.32 Å². The molecule has 21 heavy (non-hydrogen) atoms. The van der Waals surface area contributed by atoms with Crippen LogP contribution in [0.25, 0.3) is 0 Å². The second kappa shape index (κ2) is 7.76. The van der Waals surface area contributed by atoms with Crippen LogP contribution in [0.5, 0.6) is 0 Å². The van der Waals surface area contributed by atoms with Gasteiger partial charge in [0.25, 0.3) is 0 Å². The molecule has 0 spiro atoms. The van der Waals surface area contributed by atoms with Gasteiger partial charge in [0.2, 0.25) is 0 Å². The lowest BCUT2D eigenvalue weighted by atomic mass is 10.1. The van der Waals surface area contributed by atoms with Crippen molar-refractivity contribution >= 4 is 11.3 Å². The summed E-state index contributed by atoms with van der Waals surface area (Å²) in [5, 5.41) is 10.4. The second-order valence-electron chi connectivity index (χ2n) is 6.05. The van der Waals surface area contributed by atoms with Gasteiger partial charge in [0, 0.05) is 23.5 Å². The Bertz CT molecular complexity index is 541. The lowest BCUT2D eigenvalue weighted by Crippen LogP contribution is -2.22. The van der Waals surface area contributed by atoms with Gasteiger partial charge in [-0.3, -0.25) is 4.68 Å². The molecule has 2 heterocycles. The van der Waals surface area contributed by atoms with Gasteiger partial charge in [-0.2, -0.15) is 5.10 Å². The predicted molar refractivity (Wildman–Crippen MR) is 91.1 cm³/mol. The lowest BCUT2D eigenvalue weighted by molar-refractivity contribution is 0.553. The summed E-state index contributed by atoms with van der Waals surface area (Å²) in [6.45, 7) is 11.9. The van der Waals surface area contributed by atoms with Crippen molar-refractivity contribution in [3.8, 4) is 0 Å². The third-order valence-corrected chi connectivity index (χ3v) is 4.72. The summed E-state index contributed by atoms with van der Waals surface area (Å²) < 4.78 is 2.17. The maximum atomic E-state index is 4.72. The molecular weight excluding hydrogens is 278 g/mol. The molecule has 0 bridgehead atoms. The van der Waals surface area contributed by atoms with Crippen molar-refractivity contribution in [3.63, 3.8) is 0 Å². The Kier molecular flexibility index (Phi) is 6.00. The first kappa shape index (κ1) is 16.2. The topological polar surface area (TPSA) is 29.9 Å². The number of aromatic nitrogens is 2. The fourth-order valence-corrected chi connectivity index (χ4v) is 3.29. The zero-order chi connectivity index (χ0) is 15.2. The quantitative estimate of drug-likeness (QED) is 0.755. The molecule has 0 saturated carbocycles. The molecular formula is C17H27N3S. The minimum absolute atomic E-state index is 0.709. The number of thiophene rings is 1. The van der Waals surface area contributed by atoms with Gasteiger partial charge in [0.1, 0.15) is 0 Å². The molecule has 0 amide bonds. The average molecular weight is 305 g/mol. The zero-order valence-corrected chi connectivity index (χ0v) is 14.5. The Hall–Kier alpha value is -1.13. The van der Waals surface area contributed by atoms with E-state index in [-0.39, 0.29) is 0 Å². The van der Waals surface area contributed by atoms with Crippen LogP contribution in [-0.2, 0) is 19.4 Å². The Morgan fingerprint density at radius 1 is 1.29 bits per heavy atom. The second-order valence-corrected chi connectivity index (χ2v) is 7.08. The van der Waals surface area contributed by atoms with Crippen LogP contribution in [0.2, 0.25) is 0 Å². The van der Waals surface area contributed by atoms with Crippen molar-refractivity contribution in [1.82, 2.24) is 15.1 Å². The van der Waals surface area contributed by atoms with E-state index < -0.39 is 0 Å². The van der Waals surface area contributed by atoms with Gasteiger partial charge in [-0.1, -0.05) is 19.9 Å². The van der Waals surface area contributed by atoms with Crippen LogP contribution in [0, 0.1) is 19.8 Å². The van der Waals surface area contributed by atoms with Gasteiger partial charge in [0.15, 0.2) is 0 Å². The molecule has 0 radical (unpaired) electrons. The monoisotopic (exact) mass is 305 g/mol. The van der Waals surface area contributed by atoms with Crippen molar-refractivity contribution < 1.29 is 0 Å². The van der Waals surface area contributed by atoms with E-state index in [0.717, 1.165) is 32.5 Å². The van der Waals surface area contributed by atoms with Crippen molar-refractivity contribution in [2.24, 2.45) is 5.92 Å². The van der Waals surface area contributed by atoms with Crippen LogP contribution in [-0.4, -0.2) is 22.9 Å². The third-order valence-electron chi connectivity index (χ3n) is 3.79. The normalized spacial score (nSPS) is 11.5. The molecule has 2 aromatic rings. The molecule has 0 unspecified atom stereocenters. The fraction of sp³-hybridized carbons (Fsp3) is 0.588. The maximum absolute atomic E-state index is 4.72. The van der Waals surface area contributed by atoms with Crippen molar-refractivity contribution in [2.45, 2.75) is 47.1 Å². The van der Waals surface area contributed by atoms with Gasteiger partial charge in [0.05, 0.1) is 5.69 Å². The van der Waals surface area contributed by atoms with Crippen LogP contribution in [0.1, 0.15) is 35.7 Å². The van der Waals surface area contributed by atoms with E-state index in [1.165, 1.54) is 21.8 Å². The Labute approximate surface area is 132 Å². The Balaban J connectivity index is 1.90. The molecule has 4 heteroatoms. The summed E-state index contributed by atoms with van der Waals surface area (Å²) >= 11 is 1.83. The number of hydrogen-bond donors (Lipinski definition) is 1. The van der Waals surface area contributed by atoms with Crippen LogP contribution in [0.15, 0.2) is 17.5 Å². The molecule has 2 rings (SSSR count). The highest BCUT2D eigenvalue weighted by molar-refractivity contribution is 7.09. The van der Waals surface area contributed by atoms with E-state index in [4.69, 9.17) is 5.10 Å². The van der Waals surface area contributed by atoms with Crippen LogP contribution in [0.3, 0.4) is 0 Å². The molecule has 1 N–H and O–H groups in total. The zero-order valence-electron chi connectivity index (χ0n) is 13.6.